The molecule has 0 unspecified atom stereocenters. The molecule has 0 heterocycles. The fraction of sp³-hybridized carbons (Fsp3) is 0.654. The zero-order chi connectivity index (χ0) is 23.3. The third-order valence-corrected chi connectivity index (χ3v) is 8.60. The van der Waals surface area contributed by atoms with Crippen LogP contribution in [0.3, 0.4) is 0 Å². The second kappa shape index (κ2) is 8.07. The van der Waals surface area contributed by atoms with Gasteiger partial charge in [0.25, 0.3) is 0 Å². The summed E-state index contributed by atoms with van der Waals surface area (Å²) in [5.41, 5.74) is 0.359. The molecule has 0 aromatic carbocycles. The van der Waals surface area contributed by atoms with Crippen LogP contribution in [-0.4, -0.2) is 46.1 Å². The number of fused-ring (bicyclic) bond motifs is 4. The van der Waals surface area contributed by atoms with Crippen LogP contribution in [0.4, 0.5) is 0 Å². The van der Waals surface area contributed by atoms with Crippen molar-refractivity contribution in [1.82, 2.24) is 0 Å². The molecule has 5 atom stereocenters. The maximum absolute atomic E-state index is 13.1. The van der Waals surface area contributed by atoms with Gasteiger partial charge in [0, 0.05) is 17.3 Å². The lowest BCUT2D eigenvalue weighted by Gasteiger charge is -2.53. The van der Waals surface area contributed by atoms with Gasteiger partial charge in [-0.2, -0.15) is 0 Å². The van der Waals surface area contributed by atoms with Gasteiger partial charge in [-0.15, -0.1) is 0 Å². The smallest absolute Gasteiger partial charge is 0.306 e. The number of carbonyl (C=O) groups is 3. The molecule has 6 heteroatoms. The SMILES string of the molecule is CCCCC(=O)O[C@]1(C(=O)CO)CC[C@H]2C3=C([C@@H](O)C[C@@]21C)[C@@]1(C)C=CC(=O)C=C1CC3. The average Bonchev–Trinajstić information content (AvgIpc) is 3.04. The number of rotatable bonds is 6. The third kappa shape index (κ3) is 3.18. The number of carbonyl (C=O) groups excluding carboxylic acids is 3. The highest BCUT2D eigenvalue weighted by atomic mass is 16.6. The lowest BCUT2D eigenvalue weighted by Crippen LogP contribution is -2.58. The Kier molecular flexibility index (Phi) is 5.83. The predicted molar refractivity (Wildman–Crippen MR) is 118 cm³/mol. The lowest BCUT2D eigenvalue weighted by atomic mass is 9.52. The Morgan fingerprint density at radius 1 is 1.25 bits per heavy atom. The summed E-state index contributed by atoms with van der Waals surface area (Å²) in [6.07, 6.45) is 8.81. The number of aliphatic hydroxyl groups is 2. The van der Waals surface area contributed by atoms with Gasteiger partial charge in [0.15, 0.2) is 11.4 Å². The number of allylic oxidation sites excluding steroid dienone is 5. The molecular formula is C26H34O6. The normalized spacial score (nSPS) is 38.0. The van der Waals surface area contributed by atoms with E-state index in [2.05, 4.69) is 0 Å². The van der Waals surface area contributed by atoms with Crippen LogP contribution < -0.4 is 0 Å². The van der Waals surface area contributed by atoms with E-state index in [1.165, 1.54) is 0 Å². The third-order valence-electron chi connectivity index (χ3n) is 8.60. The summed E-state index contributed by atoms with van der Waals surface area (Å²) >= 11 is 0. The van der Waals surface area contributed by atoms with Crippen molar-refractivity contribution in [3.63, 3.8) is 0 Å². The number of Topliss-reactive ketones (excluding diaryl/α,β-unsaturated/α-hetero) is 1. The minimum Gasteiger partial charge on any atom is -0.450 e. The molecule has 174 valence electrons. The van der Waals surface area contributed by atoms with Gasteiger partial charge in [-0.3, -0.25) is 14.4 Å². The molecule has 0 aromatic rings. The van der Waals surface area contributed by atoms with Crippen LogP contribution in [-0.2, 0) is 19.1 Å². The standard InChI is InChI=1S/C26H34O6/c1-4-5-6-22(31)32-26(21(30)15-27)12-10-19-18-8-7-16-13-17(28)9-11-24(16,2)23(18)20(29)14-25(19,26)3/h9,11,13,19-20,27,29H,4-8,10,12,14-15H2,1-3H3/t19-,20-,24-,25-,26-/m0/s1. The molecule has 0 aromatic heterocycles. The van der Waals surface area contributed by atoms with Crippen LogP contribution >= 0.6 is 0 Å². The summed E-state index contributed by atoms with van der Waals surface area (Å²) in [4.78, 5) is 37.7. The van der Waals surface area contributed by atoms with Gasteiger partial charge < -0.3 is 14.9 Å². The highest BCUT2D eigenvalue weighted by Crippen LogP contribution is 2.65. The quantitative estimate of drug-likeness (QED) is 0.483. The molecular weight excluding hydrogens is 408 g/mol. The Labute approximate surface area is 189 Å². The van der Waals surface area contributed by atoms with Crippen molar-refractivity contribution in [2.45, 2.75) is 83.8 Å². The minimum absolute atomic E-state index is 0.0240. The van der Waals surface area contributed by atoms with E-state index in [1.807, 2.05) is 26.8 Å². The molecule has 0 amide bonds. The molecule has 6 nitrogen and oxygen atoms in total. The van der Waals surface area contributed by atoms with E-state index in [1.54, 1.807) is 12.2 Å². The first kappa shape index (κ1) is 23.1. The number of unbranched alkanes of at least 4 members (excludes halogenated alkanes) is 1. The molecule has 0 bridgehead atoms. The van der Waals surface area contributed by atoms with Crippen LogP contribution in [0.2, 0.25) is 0 Å². The van der Waals surface area contributed by atoms with Crippen molar-refractivity contribution in [3.05, 3.63) is 34.9 Å². The van der Waals surface area contributed by atoms with Crippen LogP contribution in [0, 0.1) is 16.7 Å². The molecule has 0 saturated heterocycles. The molecule has 32 heavy (non-hydrogen) atoms. The number of esters is 1. The van der Waals surface area contributed by atoms with Crippen molar-refractivity contribution in [1.29, 1.82) is 0 Å². The zero-order valence-electron chi connectivity index (χ0n) is 19.3. The van der Waals surface area contributed by atoms with Gasteiger partial charge in [-0.25, -0.2) is 0 Å². The summed E-state index contributed by atoms with van der Waals surface area (Å²) in [6, 6.07) is 0. The lowest BCUT2D eigenvalue weighted by molar-refractivity contribution is -0.186. The molecule has 4 aliphatic carbocycles. The van der Waals surface area contributed by atoms with E-state index < -0.39 is 40.9 Å². The van der Waals surface area contributed by atoms with E-state index in [0.29, 0.717) is 25.7 Å². The van der Waals surface area contributed by atoms with Crippen molar-refractivity contribution in [2.24, 2.45) is 16.7 Å². The van der Waals surface area contributed by atoms with Crippen molar-refractivity contribution < 1.29 is 29.3 Å². The van der Waals surface area contributed by atoms with Gasteiger partial charge in [-0.05, 0) is 69.1 Å². The largest absolute Gasteiger partial charge is 0.450 e. The number of aliphatic hydroxyl groups excluding tert-OH is 2. The van der Waals surface area contributed by atoms with E-state index >= 15 is 0 Å². The minimum atomic E-state index is -1.42. The molecule has 1 saturated carbocycles. The summed E-state index contributed by atoms with van der Waals surface area (Å²) in [6.45, 7) is 5.28. The van der Waals surface area contributed by atoms with Crippen LogP contribution in [0.15, 0.2) is 34.9 Å². The van der Waals surface area contributed by atoms with Crippen LogP contribution in [0.1, 0.15) is 72.1 Å². The first-order valence-corrected chi connectivity index (χ1v) is 11.8. The number of ether oxygens (including phenoxy) is 1. The van der Waals surface area contributed by atoms with E-state index in [0.717, 1.165) is 29.6 Å². The maximum atomic E-state index is 13.1. The summed E-state index contributed by atoms with van der Waals surface area (Å²) in [5, 5.41) is 21.2. The van der Waals surface area contributed by atoms with Crippen molar-refractivity contribution >= 4 is 17.5 Å². The highest BCUT2D eigenvalue weighted by molar-refractivity contribution is 6.01. The number of hydrogen-bond acceptors (Lipinski definition) is 6. The summed E-state index contributed by atoms with van der Waals surface area (Å²) < 4.78 is 5.95. The Balaban J connectivity index is 1.78. The molecule has 2 N–H and O–H groups in total. The van der Waals surface area contributed by atoms with Crippen molar-refractivity contribution in [2.75, 3.05) is 6.61 Å². The molecule has 0 radical (unpaired) electrons. The molecule has 0 spiro atoms. The van der Waals surface area contributed by atoms with Gasteiger partial charge in [0.2, 0.25) is 5.78 Å². The maximum Gasteiger partial charge on any atom is 0.306 e. The second-order valence-electron chi connectivity index (χ2n) is 10.3. The van der Waals surface area contributed by atoms with Crippen molar-refractivity contribution in [3.8, 4) is 0 Å². The topological polar surface area (TPSA) is 101 Å². The van der Waals surface area contributed by atoms with Gasteiger partial charge >= 0.3 is 5.97 Å². The summed E-state index contributed by atoms with van der Waals surface area (Å²) in [5.74, 6) is -0.947. The fourth-order valence-corrected chi connectivity index (χ4v) is 6.96. The fourth-order valence-electron chi connectivity index (χ4n) is 6.96. The van der Waals surface area contributed by atoms with Gasteiger partial charge in [0.05, 0.1) is 6.10 Å². The highest BCUT2D eigenvalue weighted by Gasteiger charge is 2.67. The average molecular weight is 443 g/mol. The summed E-state index contributed by atoms with van der Waals surface area (Å²) in [7, 11) is 0. The molecule has 1 fully saturated rings. The molecule has 4 rings (SSSR count). The number of ketones is 2. The molecule has 4 aliphatic rings. The Bertz CT molecular complexity index is 942. The van der Waals surface area contributed by atoms with E-state index in [9.17, 15) is 24.6 Å². The van der Waals surface area contributed by atoms with E-state index in [-0.39, 0.29) is 24.5 Å². The van der Waals surface area contributed by atoms with Crippen LogP contribution in [0.25, 0.3) is 0 Å². The first-order valence-electron chi connectivity index (χ1n) is 11.8. The number of hydrogen-bond donors (Lipinski definition) is 2. The zero-order valence-corrected chi connectivity index (χ0v) is 19.3. The Morgan fingerprint density at radius 3 is 2.69 bits per heavy atom. The second-order valence-corrected chi connectivity index (χ2v) is 10.3. The monoisotopic (exact) mass is 442 g/mol. The van der Waals surface area contributed by atoms with Crippen LogP contribution in [0.5, 0.6) is 0 Å². The predicted octanol–water partition coefficient (Wildman–Crippen LogP) is 3.36. The Hall–Kier alpha value is -2.05. The first-order chi connectivity index (χ1) is 15.1. The van der Waals surface area contributed by atoms with Gasteiger partial charge in [-0.1, -0.05) is 37.5 Å². The van der Waals surface area contributed by atoms with E-state index in [4.69, 9.17) is 4.74 Å². The molecule has 0 aliphatic heterocycles. The van der Waals surface area contributed by atoms with Gasteiger partial charge in [0.1, 0.15) is 6.61 Å². The Morgan fingerprint density at radius 2 is 2.00 bits per heavy atom.